The average Bonchev–Trinajstić information content (AvgIpc) is 3.35. The van der Waals surface area contributed by atoms with Crippen LogP contribution in [-0.4, -0.2) is 69.6 Å². The van der Waals surface area contributed by atoms with E-state index in [-0.39, 0.29) is 29.9 Å². The highest BCUT2D eigenvalue weighted by atomic mass is 16.2. The lowest BCUT2D eigenvalue weighted by Crippen LogP contribution is -2.64. The summed E-state index contributed by atoms with van der Waals surface area (Å²) in [5.74, 6) is -1.37. The summed E-state index contributed by atoms with van der Waals surface area (Å²) in [5, 5.41) is 9.91. The van der Waals surface area contributed by atoms with Gasteiger partial charge in [0, 0.05) is 50.0 Å². The summed E-state index contributed by atoms with van der Waals surface area (Å²) in [5.41, 5.74) is 1.91. The topological polar surface area (TPSA) is 130 Å². The predicted octanol–water partition coefficient (Wildman–Crippen LogP) is 3.55. The van der Waals surface area contributed by atoms with E-state index in [1.807, 2.05) is 62.8 Å². The lowest BCUT2D eigenvalue weighted by atomic mass is 9.93. The first-order valence-electron chi connectivity index (χ1n) is 16.4. The van der Waals surface area contributed by atoms with Crippen LogP contribution < -0.4 is 16.0 Å². The van der Waals surface area contributed by atoms with E-state index < -0.39 is 36.0 Å². The molecule has 4 amide bonds. The van der Waals surface area contributed by atoms with Crippen molar-refractivity contribution in [3.8, 4) is 0 Å². The number of Topliss-reactive ketones (excluding diaryl/α,β-unsaturated/α-hetero) is 1. The fourth-order valence-electron chi connectivity index (χ4n) is 6.43. The molecule has 2 saturated heterocycles. The van der Waals surface area contributed by atoms with Crippen LogP contribution in [0.25, 0.3) is 10.9 Å². The standard InChI is InChI=1S/C34H49N5O5/c1-5-22(3)30-34(44)39-19-13-12-18-29(39)33(43)35-26(16-9-7-8-14-24(40)6-2)31(41)36-27(32(42)37-30)20-23-21-38(4)28-17-11-10-15-25(23)28/h10-11,15,17,21-22,26-27,29-30H,5-9,12-14,16,18-20H2,1-4H3,(H,35,43)(H,36,41)(H,37,42)/t22-,26-,27+,29+,30-/m0/s1. The average molecular weight is 608 g/mol. The molecule has 10 heteroatoms. The number of piperidine rings is 1. The van der Waals surface area contributed by atoms with Crippen molar-refractivity contribution in [2.45, 2.75) is 116 Å². The van der Waals surface area contributed by atoms with Crippen molar-refractivity contribution in [2.75, 3.05) is 6.54 Å². The van der Waals surface area contributed by atoms with E-state index in [0.717, 1.165) is 42.1 Å². The summed E-state index contributed by atoms with van der Waals surface area (Å²) in [7, 11) is 1.94. The number of hydrogen-bond acceptors (Lipinski definition) is 5. The number of rotatable bonds is 11. The number of unbranched alkanes of at least 4 members (excludes halogenated alkanes) is 2. The van der Waals surface area contributed by atoms with Crippen LogP contribution in [0.2, 0.25) is 0 Å². The Bertz CT molecular complexity index is 1350. The van der Waals surface area contributed by atoms with Gasteiger partial charge in [-0.3, -0.25) is 24.0 Å². The van der Waals surface area contributed by atoms with Crippen LogP contribution >= 0.6 is 0 Å². The van der Waals surface area contributed by atoms with Gasteiger partial charge in [0.15, 0.2) is 0 Å². The zero-order chi connectivity index (χ0) is 31.8. The number of aryl methyl sites for hydroxylation is 1. The third-order valence-electron chi connectivity index (χ3n) is 9.38. The molecule has 2 aliphatic rings. The zero-order valence-corrected chi connectivity index (χ0v) is 26.7. The lowest BCUT2D eigenvalue weighted by Gasteiger charge is -2.39. The Hall–Kier alpha value is -3.69. The first-order chi connectivity index (χ1) is 21.1. The van der Waals surface area contributed by atoms with Crippen LogP contribution in [0.4, 0.5) is 0 Å². The molecule has 0 bridgehead atoms. The number of carbonyl (C=O) groups is 5. The van der Waals surface area contributed by atoms with Gasteiger partial charge in [-0.25, -0.2) is 0 Å². The molecular formula is C34H49N5O5. The Labute approximate surface area is 260 Å². The molecule has 3 heterocycles. The minimum absolute atomic E-state index is 0.165. The van der Waals surface area contributed by atoms with Crippen LogP contribution in [-0.2, 0) is 37.4 Å². The maximum Gasteiger partial charge on any atom is 0.246 e. The quantitative estimate of drug-likeness (QED) is 0.337. The third kappa shape index (κ3) is 7.87. The van der Waals surface area contributed by atoms with E-state index in [1.54, 1.807) is 4.90 Å². The van der Waals surface area contributed by atoms with Crippen molar-refractivity contribution >= 4 is 40.3 Å². The van der Waals surface area contributed by atoms with Gasteiger partial charge in [-0.15, -0.1) is 0 Å². The van der Waals surface area contributed by atoms with E-state index in [9.17, 15) is 24.0 Å². The Morgan fingerprint density at radius 2 is 1.66 bits per heavy atom. The van der Waals surface area contributed by atoms with Gasteiger partial charge >= 0.3 is 0 Å². The lowest BCUT2D eigenvalue weighted by molar-refractivity contribution is -0.147. The van der Waals surface area contributed by atoms with Crippen LogP contribution in [0, 0.1) is 5.92 Å². The highest BCUT2D eigenvalue weighted by Gasteiger charge is 2.40. The van der Waals surface area contributed by atoms with Gasteiger partial charge in [0.2, 0.25) is 23.6 Å². The second kappa shape index (κ2) is 15.3. The molecule has 3 N–H and O–H groups in total. The van der Waals surface area contributed by atoms with E-state index in [0.29, 0.717) is 45.1 Å². The molecular weight excluding hydrogens is 558 g/mol. The maximum atomic E-state index is 14.0. The summed E-state index contributed by atoms with van der Waals surface area (Å²) in [6, 6.07) is 4.58. The van der Waals surface area contributed by atoms with Crippen LogP contribution in [0.15, 0.2) is 30.5 Å². The monoisotopic (exact) mass is 607 g/mol. The molecule has 2 aromatic rings. The minimum Gasteiger partial charge on any atom is -0.350 e. The number of fused-ring (bicyclic) bond motifs is 2. The third-order valence-corrected chi connectivity index (χ3v) is 9.38. The molecule has 240 valence electrons. The number of hydrogen-bond donors (Lipinski definition) is 3. The molecule has 0 unspecified atom stereocenters. The molecule has 44 heavy (non-hydrogen) atoms. The second-order valence-corrected chi connectivity index (χ2v) is 12.5. The van der Waals surface area contributed by atoms with E-state index >= 15 is 0 Å². The molecule has 2 aliphatic heterocycles. The van der Waals surface area contributed by atoms with Crippen molar-refractivity contribution in [1.29, 1.82) is 0 Å². The number of amides is 4. The van der Waals surface area contributed by atoms with E-state index in [1.165, 1.54) is 0 Å². The number of benzene rings is 1. The van der Waals surface area contributed by atoms with Crippen LogP contribution in [0.3, 0.4) is 0 Å². The number of nitrogens with zero attached hydrogens (tertiary/aromatic N) is 2. The molecule has 10 nitrogen and oxygen atoms in total. The number of nitrogens with one attached hydrogen (secondary N) is 3. The molecule has 0 radical (unpaired) electrons. The molecule has 2 fully saturated rings. The van der Waals surface area contributed by atoms with E-state index in [2.05, 4.69) is 16.0 Å². The Kier molecular flexibility index (Phi) is 11.6. The van der Waals surface area contributed by atoms with Crippen molar-refractivity contribution in [2.24, 2.45) is 13.0 Å². The van der Waals surface area contributed by atoms with Crippen molar-refractivity contribution in [3.05, 3.63) is 36.0 Å². The first kappa shape index (κ1) is 33.2. The van der Waals surface area contributed by atoms with Crippen molar-refractivity contribution in [3.63, 3.8) is 0 Å². The van der Waals surface area contributed by atoms with Gasteiger partial charge in [0.25, 0.3) is 0 Å². The highest BCUT2D eigenvalue weighted by molar-refractivity contribution is 5.98. The molecule has 0 spiro atoms. The normalized spacial score (nSPS) is 24.0. The number of carbonyl (C=O) groups excluding carboxylic acids is 5. The summed E-state index contributed by atoms with van der Waals surface area (Å²) < 4.78 is 1.99. The molecule has 0 saturated carbocycles. The predicted molar refractivity (Wildman–Crippen MR) is 170 cm³/mol. The molecule has 5 atom stereocenters. The number of para-hydroxylation sites is 1. The summed E-state index contributed by atoms with van der Waals surface area (Å²) >= 11 is 0. The second-order valence-electron chi connectivity index (χ2n) is 12.5. The minimum atomic E-state index is -0.953. The fraction of sp³-hybridized carbons (Fsp3) is 0.618. The molecule has 4 rings (SSSR count). The maximum absolute atomic E-state index is 14.0. The SMILES string of the molecule is CCC(=O)CCCCC[C@@H]1NC(=O)[C@H]2CCCCN2C(=O)[C@H]([C@@H](C)CC)NC(=O)[C@@H](Cc2cn(C)c3ccccc23)NC1=O. The van der Waals surface area contributed by atoms with Gasteiger partial charge in [0.1, 0.15) is 30.0 Å². The molecule has 0 aliphatic carbocycles. The summed E-state index contributed by atoms with van der Waals surface area (Å²) in [6.45, 7) is 6.18. The van der Waals surface area contributed by atoms with Gasteiger partial charge in [-0.1, -0.05) is 58.2 Å². The summed E-state index contributed by atoms with van der Waals surface area (Å²) in [4.78, 5) is 68.9. The van der Waals surface area contributed by atoms with Gasteiger partial charge < -0.3 is 25.4 Å². The highest BCUT2D eigenvalue weighted by Crippen LogP contribution is 2.24. The summed E-state index contributed by atoms with van der Waals surface area (Å²) in [6.07, 6.45) is 8.44. The fourth-order valence-corrected chi connectivity index (χ4v) is 6.43. The van der Waals surface area contributed by atoms with Gasteiger partial charge in [-0.05, 0) is 49.7 Å². The van der Waals surface area contributed by atoms with Crippen molar-refractivity contribution < 1.29 is 24.0 Å². The Balaban J connectivity index is 1.65. The smallest absolute Gasteiger partial charge is 0.246 e. The Morgan fingerprint density at radius 1 is 0.932 bits per heavy atom. The number of aromatic nitrogens is 1. The number of ketones is 1. The Morgan fingerprint density at radius 3 is 2.41 bits per heavy atom. The molecule has 1 aromatic heterocycles. The molecule has 1 aromatic carbocycles. The largest absolute Gasteiger partial charge is 0.350 e. The van der Waals surface area contributed by atoms with Crippen LogP contribution in [0.5, 0.6) is 0 Å². The van der Waals surface area contributed by atoms with E-state index in [4.69, 9.17) is 0 Å². The van der Waals surface area contributed by atoms with Crippen LogP contribution in [0.1, 0.15) is 90.5 Å². The first-order valence-corrected chi connectivity index (χ1v) is 16.4. The van der Waals surface area contributed by atoms with Gasteiger partial charge in [-0.2, -0.15) is 0 Å². The zero-order valence-electron chi connectivity index (χ0n) is 26.7. The van der Waals surface area contributed by atoms with Gasteiger partial charge in [0.05, 0.1) is 0 Å². The van der Waals surface area contributed by atoms with Crippen molar-refractivity contribution in [1.82, 2.24) is 25.4 Å².